The first-order chi connectivity index (χ1) is 21.4. The van der Waals surface area contributed by atoms with Gasteiger partial charge in [-0.1, -0.05) is 57.7 Å². The van der Waals surface area contributed by atoms with Crippen molar-refractivity contribution < 1.29 is 38.7 Å². The number of ether oxygens (including phenoxy) is 4. The number of likely N-dealkylation sites (N-methyl/N-ethyl adjacent to an activating group) is 1. The van der Waals surface area contributed by atoms with E-state index in [0.717, 1.165) is 33.6 Å². The van der Waals surface area contributed by atoms with Gasteiger partial charge >= 0.3 is 5.97 Å². The van der Waals surface area contributed by atoms with Crippen LogP contribution in [0.3, 0.4) is 0 Å². The molecule has 46 heavy (non-hydrogen) atoms. The summed E-state index contributed by atoms with van der Waals surface area (Å²) < 4.78 is 21.5. The molecule has 0 saturated carbocycles. The van der Waals surface area contributed by atoms with Crippen molar-refractivity contribution in [2.24, 2.45) is 0 Å². The second kappa shape index (κ2) is 18.7. The highest BCUT2D eigenvalue weighted by Gasteiger charge is 2.30. The molecule has 0 aliphatic rings. The highest BCUT2D eigenvalue weighted by Crippen LogP contribution is 2.41. The number of aryl methyl sites for hydroxylation is 1. The van der Waals surface area contributed by atoms with E-state index < -0.39 is 23.9 Å². The van der Waals surface area contributed by atoms with E-state index in [0.29, 0.717) is 30.1 Å². The molecular formula is C37H53NO8. The summed E-state index contributed by atoms with van der Waals surface area (Å²) in [7, 11) is 7.97. The molecule has 3 aromatic rings. The van der Waals surface area contributed by atoms with Crippen LogP contribution in [-0.2, 0) is 9.59 Å². The zero-order valence-electron chi connectivity index (χ0n) is 28.2. The van der Waals surface area contributed by atoms with Gasteiger partial charge in [0.15, 0.2) is 11.5 Å². The third kappa shape index (κ3) is 9.39. The lowest BCUT2D eigenvalue weighted by Crippen LogP contribution is -2.41. The number of aliphatic carboxylic acids is 1. The summed E-state index contributed by atoms with van der Waals surface area (Å²) >= 11 is 0. The van der Waals surface area contributed by atoms with E-state index in [-0.39, 0.29) is 19.4 Å². The van der Waals surface area contributed by atoms with Crippen molar-refractivity contribution in [1.29, 1.82) is 0 Å². The van der Waals surface area contributed by atoms with Gasteiger partial charge in [0.2, 0.25) is 11.7 Å². The van der Waals surface area contributed by atoms with Gasteiger partial charge in [-0.2, -0.15) is 0 Å². The molecule has 9 heteroatoms. The maximum atomic E-state index is 13.3. The van der Waals surface area contributed by atoms with Crippen molar-refractivity contribution in [2.75, 3.05) is 35.5 Å². The van der Waals surface area contributed by atoms with Crippen molar-refractivity contribution in [3.05, 3.63) is 82.4 Å². The Hall–Kier alpha value is -4.24. The minimum absolute atomic E-state index is 0. The van der Waals surface area contributed by atoms with Gasteiger partial charge in [0, 0.05) is 7.05 Å². The number of aliphatic hydroxyl groups is 1. The maximum Gasteiger partial charge on any atom is 0.310 e. The molecule has 2 N–H and O–H groups in total. The zero-order valence-corrected chi connectivity index (χ0v) is 28.2. The number of carbonyl (C=O) groups excluding carboxylic acids is 1. The Morgan fingerprint density at radius 1 is 0.761 bits per heavy atom. The lowest BCUT2D eigenvalue weighted by Gasteiger charge is -2.32. The number of hydrogen-bond donors (Lipinski definition) is 2. The van der Waals surface area contributed by atoms with Crippen LogP contribution in [0.15, 0.2) is 54.6 Å². The number of hydrogen-bond acceptors (Lipinski definition) is 7. The van der Waals surface area contributed by atoms with E-state index >= 15 is 0 Å². The Balaban J connectivity index is 0.000000529. The summed E-state index contributed by atoms with van der Waals surface area (Å²) in [5.41, 5.74) is 4.50. The fraction of sp³-hybridized carbons (Fsp3) is 0.459. The monoisotopic (exact) mass is 639 g/mol. The molecule has 0 aliphatic carbocycles. The summed E-state index contributed by atoms with van der Waals surface area (Å²) in [5.74, 6) is 0.544. The third-order valence-electron chi connectivity index (χ3n) is 8.32. The van der Waals surface area contributed by atoms with Crippen LogP contribution in [0.4, 0.5) is 0 Å². The van der Waals surface area contributed by atoms with Crippen molar-refractivity contribution in [2.45, 2.75) is 78.9 Å². The number of nitrogens with zero attached hydrogens (tertiary/aromatic N) is 1. The number of carbonyl (C=O) groups is 2. The average Bonchev–Trinajstić information content (AvgIpc) is 3.05. The minimum Gasteiger partial charge on any atom is -0.496 e. The van der Waals surface area contributed by atoms with Gasteiger partial charge in [-0.05, 0) is 79.6 Å². The molecular weight excluding hydrogens is 586 g/mol. The summed E-state index contributed by atoms with van der Waals surface area (Å²) in [5, 5.41) is 19.8. The van der Waals surface area contributed by atoms with Gasteiger partial charge in [0.05, 0.1) is 52.4 Å². The summed E-state index contributed by atoms with van der Waals surface area (Å²) in [4.78, 5) is 26.0. The minimum atomic E-state index is -0.784. The number of carboxylic acids is 1. The van der Waals surface area contributed by atoms with Crippen molar-refractivity contribution >= 4 is 11.9 Å². The second-order valence-corrected chi connectivity index (χ2v) is 10.9. The molecule has 0 heterocycles. The molecule has 3 rings (SSSR count). The first-order valence-corrected chi connectivity index (χ1v) is 15.1. The number of benzene rings is 3. The summed E-state index contributed by atoms with van der Waals surface area (Å²) in [6, 6.07) is 16.3. The molecule has 0 unspecified atom stereocenters. The fourth-order valence-corrected chi connectivity index (χ4v) is 5.26. The van der Waals surface area contributed by atoms with Crippen molar-refractivity contribution in [3.63, 3.8) is 0 Å². The van der Waals surface area contributed by atoms with Gasteiger partial charge < -0.3 is 34.1 Å². The van der Waals surface area contributed by atoms with E-state index in [9.17, 15) is 14.7 Å². The fourth-order valence-electron chi connectivity index (χ4n) is 5.26. The molecule has 1 amide bonds. The molecule has 0 radical (unpaired) electrons. The van der Waals surface area contributed by atoms with E-state index in [2.05, 4.69) is 0 Å². The Labute approximate surface area is 275 Å². The van der Waals surface area contributed by atoms with Crippen LogP contribution >= 0.6 is 0 Å². The molecule has 0 bridgehead atoms. The van der Waals surface area contributed by atoms with Gasteiger partial charge in [0.25, 0.3) is 0 Å². The van der Waals surface area contributed by atoms with Crippen LogP contribution < -0.4 is 18.9 Å². The van der Waals surface area contributed by atoms with E-state index in [1.54, 1.807) is 52.5 Å². The van der Waals surface area contributed by atoms with Crippen LogP contribution in [0.2, 0.25) is 0 Å². The van der Waals surface area contributed by atoms with Crippen LogP contribution in [0.25, 0.3) is 0 Å². The zero-order chi connectivity index (χ0) is 33.8. The summed E-state index contributed by atoms with van der Waals surface area (Å²) in [6.45, 7) is 9.62. The molecule has 0 saturated heterocycles. The SMILES string of the molecule is C.CC[C@@H](C(=O)N(C)[C@@H](C)[C@@H](O)c1ccccc1)c1cc(OC)c(OC)c(OC)c1.CC[C@H](C(=O)O)c1cc(C)c(C)c(OC)c1. The molecule has 0 fully saturated rings. The summed E-state index contributed by atoms with van der Waals surface area (Å²) in [6.07, 6.45) is 0.402. The number of carboxylic acid groups (broad SMARTS) is 1. The lowest BCUT2D eigenvalue weighted by atomic mass is 9.93. The lowest BCUT2D eigenvalue weighted by molar-refractivity contribution is -0.139. The van der Waals surface area contributed by atoms with Gasteiger partial charge in [0.1, 0.15) is 5.75 Å². The van der Waals surface area contributed by atoms with E-state index in [4.69, 9.17) is 24.1 Å². The molecule has 0 aliphatic heterocycles. The quantitative estimate of drug-likeness (QED) is 0.200. The average molecular weight is 640 g/mol. The predicted octanol–water partition coefficient (Wildman–Crippen LogP) is 7.31. The smallest absolute Gasteiger partial charge is 0.310 e. The standard InChI is InChI=1S/C23H31NO5.C13H18O3.CH4/c1-7-18(17-13-19(27-4)22(29-6)20(14-17)28-5)23(26)24(3)15(2)21(25)16-11-9-8-10-12-16;1-5-11(13(14)15)10-6-8(2)9(3)12(7-10)16-4;/h8-15,18,21,25H,7H2,1-6H3;6-7,11H,5H2,1-4H3,(H,14,15);1H4/t15-,18+,21+;11-;/m00./s1. The number of amides is 1. The maximum absolute atomic E-state index is 13.3. The Kier molecular flexibility index (Phi) is 16.1. The second-order valence-electron chi connectivity index (χ2n) is 10.9. The van der Waals surface area contributed by atoms with Gasteiger partial charge in [-0.15, -0.1) is 0 Å². The van der Waals surface area contributed by atoms with Crippen molar-refractivity contribution in [1.82, 2.24) is 4.90 Å². The largest absolute Gasteiger partial charge is 0.496 e. The first kappa shape index (κ1) is 39.8. The number of aliphatic hydroxyl groups excluding tert-OH is 1. The molecule has 0 aromatic heterocycles. The molecule has 254 valence electrons. The first-order valence-electron chi connectivity index (χ1n) is 15.1. The Bertz CT molecular complexity index is 1380. The van der Waals surface area contributed by atoms with Crippen LogP contribution in [-0.4, -0.2) is 68.5 Å². The molecule has 0 spiro atoms. The van der Waals surface area contributed by atoms with Crippen molar-refractivity contribution in [3.8, 4) is 23.0 Å². The predicted molar refractivity (Wildman–Crippen MR) is 183 cm³/mol. The van der Waals surface area contributed by atoms with Crippen LogP contribution in [0, 0.1) is 13.8 Å². The third-order valence-corrected chi connectivity index (χ3v) is 8.32. The molecule has 4 atom stereocenters. The van der Waals surface area contributed by atoms with E-state index in [1.165, 1.54) is 0 Å². The molecule has 9 nitrogen and oxygen atoms in total. The van der Waals surface area contributed by atoms with Crippen LogP contribution in [0.5, 0.6) is 23.0 Å². The number of methoxy groups -OCH3 is 4. The highest BCUT2D eigenvalue weighted by molar-refractivity contribution is 5.84. The normalized spacial score (nSPS) is 13.0. The molecule has 3 aromatic carbocycles. The van der Waals surface area contributed by atoms with E-state index in [1.807, 2.05) is 77.1 Å². The highest BCUT2D eigenvalue weighted by atomic mass is 16.5. The van der Waals surface area contributed by atoms with Gasteiger partial charge in [-0.3, -0.25) is 9.59 Å². The Morgan fingerprint density at radius 3 is 1.67 bits per heavy atom. The van der Waals surface area contributed by atoms with Crippen LogP contribution in [0.1, 0.15) is 86.8 Å². The Morgan fingerprint density at radius 2 is 1.24 bits per heavy atom. The van der Waals surface area contributed by atoms with Gasteiger partial charge in [-0.25, -0.2) is 0 Å². The topological polar surface area (TPSA) is 115 Å². The number of rotatable bonds is 13.